The van der Waals surface area contributed by atoms with Crippen molar-refractivity contribution >= 4 is 11.3 Å². The number of aromatic nitrogens is 1. The second-order valence-electron chi connectivity index (χ2n) is 3.51. The van der Waals surface area contributed by atoms with Crippen molar-refractivity contribution in [2.45, 2.75) is 26.3 Å². The van der Waals surface area contributed by atoms with Gasteiger partial charge in [0.2, 0.25) is 0 Å². The highest BCUT2D eigenvalue weighted by Gasteiger charge is 2.03. The van der Waals surface area contributed by atoms with Crippen LogP contribution in [-0.4, -0.2) is 30.0 Å². The summed E-state index contributed by atoms with van der Waals surface area (Å²) in [6.45, 7) is 4.74. The Hall–Kier alpha value is -0.450. The lowest BCUT2D eigenvalue weighted by atomic mass is 10.3. The van der Waals surface area contributed by atoms with E-state index in [1.165, 1.54) is 17.1 Å². The number of hydrogen-bond donors (Lipinski definition) is 1. The number of thiazole rings is 1. The summed E-state index contributed by atoms with van der Waals surface area (Å²) in [4.78, 5) is 6.76. The zero-order valence-corrected chi connectivity index (χ0v) is 9.81. The van der Waals surface area contributed by atoms with Crippen molar-refractivity contribution < 1.29 is 0 Å². The van der Waals surface area contributed by atoms with Gasteiger partial charge >= 0.3 is 0 Å². The van der Waals surface area contributed by atoms with E-state index < -0.39 is 0 Å². The Bertz CT molecular complexity index is 260. The lowest BCUT2D eigenvalue weighted by molar-refractivity contribution is 0.332. The average molecular weight is 213 g/mol. The molecular weight excluding hydrogens is 194 g/mol. The van der Waals surface area contributed by atoms with Crippen molar-refractivity contribution in [3.05, 3.63) is 16.1 Å². The van der Waals surface area contributed by atoms with Crippen LogP contribution in [0, 0.1) is 0 Å². The molecule has 0 aliphatic heterocycles. The van der Waals surface area contributed by atoms with Gasteiger partial charge in [0.25, 0.3) is 0 Å². The fourth-order valence-corrected chi connectivity index (χ4v) is 2.22. The second kappa shape index (κ2) is 6.11. The molecule has 14 heavy (non-hydrogen) atoms. The fourth-order valence-electron chi connectivity index (χ4n) is 1.33. The standard InChI is InChI=1S/C10H19N3S/c1-3-4-10-12-9(8-14-10)7-13(2)6-5-11/h8H,3-7,11H2,1-2H3. The lowest BCUT2D eigenvalue weighted by Gasteiger charge is -2.12. The molecule has 0 atom stereocenters. The van der Waals surface area contributed by atoms with Crippen molar-refractivity contribution in [2.75, 3.05) is 20.1 Å². The summed E-state index contributed by atoms with van der Waals surface area (Å²) in [7, 11) is 2.08. The summed E-state index contributed by atoms with van der Waals surface area (Å²) < 4.78 is 0. The molecule has 80 valence electrons. The van der Waals surface area contributed by atoms with Crippen molar-refractivity contribution in [2.24, 2.45) is 5.73 Å². The minimum absolute atomic E-state index is 0.711. The first-order chi connectivity index (χ1) is 6.76. The number of nitrogens with two attached hydrogens (primary N) is 1. The molecule has 0 saturated heterocycles. The molecule has 1 aromatic rings. The van der Waals surface area contributed by atoms with Gasteiger partial charge < -0.3 is 5.73 Å². The minimum Gasteiger partial charge on any atom is -0.329 e. The number of aryl methyl sites for hydroxylation is 1. The summed E-state index contributed by atoms with van der Waals surface area (Å²) in [5.41, 5.74) is 6.65. The molecule has 0 fully saturated rings. The van der Waals surface area contributed by atoms with E-state index in [1.807, 2.05) is 0 Å². The Morgan fingerprint density at radius 2 is 2.36 bits per heavy atom. The van der Waals surface area contributed by atoms with Crippen LogP contribution in [0.1, 0.15) is 24.0 Å². The molecule has 3 nitrogen and oxygen atoms in total. The number of rotatable bonds is 6. The minimum atomic E-state index is 0.711. The number of nitrogens with zero attached hydrogens (tertiary/aromatic N) is 2. The average Bonchev–Trinajstić information content (AvgIpc) is 2.53. The van der Waals surface area contributed by atoms with E-state index >= 15 is 0 Å². The predicted octanol–water partition coefficient (Wildman–Crippen LogP) is 1.49. The van der Waals surface area contributed by atoms with E-state index in [1.54, 1.807) is 11.3 Å². The molecule has 1 aromatic heterocycles. The van der Waals surface area contributed by atoms with Gasteiger partial charge in [0.15, 0.2) is 0 Å². The molecule has 1 rings (SSSR count). The van der Waals surface area contributed by atoms with Gasteiger partial charge in [-0.25, -0.2) is 4.98 Å². The number of hydrogen-bond acceptors (Lipinski definition) is 4. The molecule has 0 aromatic carbocycles. The molecule has 1 heterocycles. The van der Waals surface area contributed by atoms with Crippen LogP contribution in [0.15, 0.2) is 5.38 Å². The molecule has 0 amide bonds. The molecule has 2 N–H and O–H groups in total. The maximum atomic E-state index is 5.48. The molecule has 0 spiro atoms. The highest BCUT2D eigenvalue weighted by atomic mass is 32.1. The maximum Gasteiger partial charge on any atom is 0.0928 e. The van der Waals surface area contributed by atoms with Crippen LogP contribution in [0.4, 0.5) is 0 Å². The van der Waals surface area contributed by atoms with E-state index in [4.69, 9.17) is 5.73 Å². The second-order valence-corrected chi connectivity index (χ2v) is 4.45. The van der Waals surface area contributed by atoms with Gasteiger partial charge in [0.05, 0.1) is 10.7 Å². The first-order valence-corrected chi connectivity index (χ1v) is 5.96. The van der Waals surface area contributed by atoms with Gasteiger partial charge in [0, 0.05) is 25.0 Å². The molecule has 0 saturated carbocycles. The van der Waals surface area contributed by atoms with Gasteiger partial charge in [-0.05, 0) is 19.9 Å². The SMILES string of the molecule is CCCc1nc(CN(C)CCN)cs1. The van der Waals surface area contributed by atoms with E-state index in [0.717, 1.165) is 19.5 Å². The maximum absolute atomic E-state index is 5.48. The first kappa shape index (κ1) is 11.6. The fraction of sp³-hybridized carbons (Fsp3) is 0.700. The third kappa shape index (κ3) is 3.74. The topological polar surface area (TPSA) is 42.2 Å². The number of likely N-dealkylation sites (N-methyl/N-ethyl adjacent to an activating group) is 1. The van der Waals surface area contributed by atoms with Crippen LogP contribution in [-0.2, 0) is 13.0 Å². The highest BCUT2D eigenvalue weighted by Crippen LogP contribution is 2.12. The molecular formula is C10H19N3S. The van der Waals surface area contributed by atoms with Crippen molar-refractivity contribution in [1.29, 1.82) is 0 Å². The van der Waals surface area contributed by atoms with Crippen molar-refractivity contribution in [1.82, 2.24) is 9.88 Å². The Labute approximate surface area is 89.9 Å². The Morgan fingerprint density at radius 3 is 3.00 bits per heavy atom. The Kier molecular flexibility index (Phi) is 5.07. The summed E-state index contributed by atoms with van der Waals surface area (Å²) in [5.74, 6) is 0. The van der Waals surface area contributed by atoms with Crippen molar-refractivity contribution in [3.63, 3.8) is 0 Å². The van der Waals surface area contributed by atoms with Crippen molar-refractivity contribution in [3.8, 4) is 0 Å². The Morgan fingerprint density at radius 1 is 1.57 bits per heavy atom. The zero-order valence-electron chi connectivity index (χ0n) is 8.99. The van der Waals surface area contributed by atoms with E-state index in [9.17, 15) is 0 Å². The molecule has 4 heteroatoms. The molecule has 0 aliphatic carbocycles. The van der Waals surface area contributed by atoms with Gasteiger partial charge in [-0.15, -0.1) is 11.3 Å². The van der Waals surface area contributed by atoms with Gasteiger partial charge in [0.1, 0.15) is 0 Å². The van der Waals surface area contributed by atoms with Crippen LogP contribution < -0.4 is 5.73 Å². The monoisotopic (exact) mass is 213 g/mol. The van der Waals surface area contributed by atoms with Gasteiger partial charge in [-0.2, -0.15) is 0 Å². The smallest absolute Gasteiger partial charge is 0.0928 e. The van der Waals surface area contributed by atoms with E-state index in [2.05, 4.69) is 29.2 Å². The predicted molar refractivity (Wildman–Crippen MR) is 61.5 cm³/mol. The largest absolute Gasteiger partial charge is 0.329 e. The zero-order chi connectivity index (χ0) is 10.4. The summed E-state index contributed by atoms with van der Waals surface area (Å²) in [5, 5.41) is 3.40. The quantitative estimate of drug-likeness (QED) is 0.778. The summed E-state index contributed by atoms with van der Waals surface area (Å²) in [6.07, 6.45) is 2.27. The van der Waals surface area contributed by atoms with E-state index in [-0.39, 0.29) is 0 Å². The van der Waals surface area contributed by atoms with Crippen LogP contribution in [0.3, 0.4) is 0 Å². The van der Waals surface area contributed by atoms with Crippen LogP contribution >= 0.6 is 11.3 Å². The van der Waals surface area contributed by atoms with Crippen LogP contribution in [0.2, 0.25) is 0 Å². The van der Waals surface area contributed by atoms with Gasteiger partial charge in [-0.1, -0.05) is 6.92 Å². The molecule has 0 unspecified atom stereocenters. The highest BCUT2D eigenvalue weighted by molar-refractivity contribution is 7.09. The normalized spacial score (nSPS) is 11.1. The third-order valence-corrected chi connectivity index (χ3v) is 2.96. The molecule has 0 aliphatic rings. The summed E-state index contributed by atoms with van der Waals surface area (Å²) >= 11 is 1.77. The Balaban J connectivity index is 2.42. The molecule has 0 bridgehead atoms. The third-order valence-electron chi connectivity index (χ3n) is 2.01. The first-order valence-electron chi connectivity index (χ1n) is 5.08. The van der Waals surface area contributed by atoms with E-state index in [0.29, 0.717) is 6.54 Å². The van der Waals surface area contributed by atoms with Crippen LogP contribution in [0.5, 0.6) is 0 Å². The van der Waals surface area contributed by atoms with Crippen LogP contribution in [0.25, 0.3) is 0 Å². The molecule has 0 radical (unpaired) electrons. The lowest BCUT2D eigenvalue weighted by Crippen LogP contribution is -2.25. The van der Waals surface area contributed by atoms with Gasteiger partial charge in [-0.3, -0.25) is 4.90 Å². The summed E-state index contributed by atoms with van der Waals surface area (Å²) in [6, 6.07) is 0.